The van der Waals surface area contributed by atoms with Crippen LogP contribution in [-0.2, 0) is 13.1 Å². The largest absolute Gasteiger partial charge is 0.365 e. The first-order chi connectivity index (χ1) is 16.2. The number of thiophene rings is 1. The average Bonchev–Trinajstić information content (AvgIpc) is 3.47. The van der Waals surface area contributed by atoms with E-state index in [9.17, 15) is 18.4 Å². The zero-order valence-electron chi connectivity index (χ0n) is 18.4. The molecule has 4 heterocycles. The van der Waals surface area contributed by atoms with Gasteiger partial charge in [0.15, 0.2) is 0 Å². The number of hydrogen-bond acceptors (Lipinski definition) is 6. The second-order valence-corrected chi connectivity index (χ2v) is 9.19. The van der Waals surface area contributed by atoms with Gasteiger partial charge in [0.1, 0.15) is 21.1 Å². The van der Waals surface area contributed by atoms with Gasteiger partial charge in [0.05, 0.1) is 22.1 Å². The Kier molecular flexibility index (Phi) is 6.49. The molecule has 2 amide bonds. The number of fused-ring (bicyclic) bond motifs is 1. The number of alkyl halides is 2. The molecule has 34 heavy (non-hydrogen) atoms. The van der Waals surface area contributed by atoms with E-state index in [2.05, 4.69) is 36.4 Å². The van der Waals surface area contributed by atoms with Gasteiger partial charge in [-0.3, -0.25) is 19.0 Å². The average molecular weight is 552 g/mol. The van der Waals surface area contributed by atoms with Gasteiger partial charge in [0.25, 0.3) is 18.2 Å². The number of hydrogen-bond donors (Lipinski definition) is 2. The highest BCUT2D eigenvalue weighted by Crippen LogP contribution is 2.43. The van der Waals surface area contributed by atoms with Crippen LogP contribution >= 0.6 is 27.3 Å². The van der Waals surface area contributed by atoms with Crippen molar-refractivity contribution in [2.24, 2.45) is 5.73 Å². The number of carbonyl (C=O) groups is 2. The van der Waals surface area contributed by atoms with Crippen molar-refractivity contribution >= 4 is 55.0 Å². The summed E-state index contributed by atoms with van der Waals surface area (Å²) in [6, 6.07) is 1.26. The zero-order valence-corrected chi connectivity index (χ0v) is 20.8. The summed E-state index contributed by atoms with van der Waals surface area (Å²) >= 11 is 4.17. The Morgan fingerprint density at radius 3 is 2.59 bits per heavy atom. The molecule has 9 nitrogen and oxygen atoms in total. The Morgan fingerprint density at radius 2 is 2.00 bits per heavy atom. The summed E-state index contributed by atoms with van der Waals surface area (Å²) < 4.78 is 31.0. The maximum absolute atomic E-state index is 13.7. The Balaban J connectivity index is 1.99. The van der Waals surface area contributed by atoms with E-state index in [4.69, 9.17) is 5.73 Å². The van der Waals surface area contributed by atoms with Crippen LogP contribution in [-0.4, -0.2) is 36.4 Å². The predicted octanol–water partition coefficient (Wildman–Crippen LogP) is 4.76. The number of anilines is 1. The van der Waals surface area contributed by atoms with Crippen LogP contribution in [0.25, 0.3) is 21.3 Å². The van der Waals surface area contributed by atoms with Crippen LogP contribution in [0.5, 0.6) is 0 Å². The van der Waals surface area contributed by atoms with Gasteiger partial charge < -0.3 is 11.1 Å². The molecule has 0 fully saturated rings. The van der Waals surface area contributed by atoms with E-state index >= 15 is 0 Å². The molecule has 0 atom stereocenters. The molecule has 0 aliphatic rings. The molecule has 4 rings (SSSR count). The molecule has 4 aromatic rings. The SMILES string of the molecule is CCn1cc(-c2cc(C(F)F)nc3sc(C(N)=O)c(NC(=O)c4c(Br)cnn4CC)c23)c(C)n1. The van der Waals surface area contributed by atoms with Crippen LogP contribution in [0.15, 0.2) is 22.9 Å². The maximum atomic E-state index is 13.7. The first-order valence-corrected chi connectivity index (χ1v) is 11.9. The van der Waals surface area contributed by atoms with Crippen molar-refractivity contribution in [2.45, 2.75) is 40.3 Å². The lowest BCUT2D eigenvalue weighted by molar-refractivity contribution is 0.100. The van der Waals surface area contributed by atoms with Crippen LogP contribution in [0.4, 0.5) is 14.5 Å². The van der Waals surface area contributed by atoms with Crippen LogP contribution in [0.2, 0.25) is 0 Å². The number of halogens is 3. The Bertz CT molecular complexity index is 1430. The fourth-order valence-electron chi connectivity index (χ4n) is 3.68. The fraction of sp³-hybridized carbons (Fsp3) is 0.286. The maximum Gasteiger partial charge on any atom is 0.280 e. The van der Waals surface area contributed by atoms with Gasteiger partial charge in [0, 0.05) is 30.2 Å². The number of nitrogens with one attached hydrogen (secondary N) is 1. The second-order valence-electron chi connectivity index (χ2n) is 7.34. The molecule has 4 aromatic heterocycles. The van der Waals surface area contributed by atoms with Gasteiger partial charge in [-0.15, -0.1) is 11.3 Å². The number of amides is 2. The van der Waals surface area contributed by atoms with Crippen LogP contribution in [0.1, 0.15) is 51.8 Å². The molecule has 0 spiro atoms. The van der Waals surface area contributed by atoms with E-state index in [0.717, 1.165) is 11.3 Å². The lowest BCUT2D eigenvalue weighted by Crippen LogP contribution is -2.20. The van der Waals surface area contributed by atoms with Crippen molar-refractivity contribution in [1.82, 2.24) is 24.5 Å². The smallest absolute Gasteiger partial charge is 0.280 e. The lowest BCUT2D eigenvalue weighted by Gasteiger charge is -2.11. The number of rotatable bonds is 7. The number of aromatic nitrogens is 5. The molecular weight excluding hydrogens is 532 g/mol. The third-order valence-electron chi connectivity index (χ3n) is 5.24. The molecule has 0 aliphatic carbocycles. The molecule has 0 aliphatic heterocycles. The minimum absolute atomic E-state index is 0.00254. The summed E-state index contributed by atoms with van der Waals surface area (Å²) in [5.74, 6) is -1.36. The number of nitrogens with two attached hydrogens (primary N) is 1. The molecule has 3 N–H and O–H groups in total. The summed E-state index contributed by atoms with van der Waals surface area (Å²) in [5.41, 5.74) is 7.06. The molecule has 0 radical (unpaired) electrons. The van der Waals surface area contributed by atoms with E-state index in [1.807, 2.05) is 13.8 Å². The van der Waals surface area contributed by atoms with Crippen molar-refractivity contribution < 1.29 is 18.4 Å². The number of primary amides is 1. The normalized spacial score (nSPS) is 11.5. The molecular formula is C21H20BrF2N7O2S. The number of pyridine rings is 1. The Labute approximate surface area is 205 Å². The predicted molar refractivity (Wildman–Crippen MR) is 128 cm³/mol. The van der Waals surface area contributed by atoms with Gasteiger partial charge in [-0.25, -0.2) is 13.8 Å². The Morgan fingerprint density at radius 1 is 1.26 bits per heavy atom. The highest BCUT2D eigenvalue weighted by molar-refractivity contribution is 9.10. The fourth-order valence-corrected chi connectivity index (χ4v) is 5.17. The van der Waals surface area contributed by atoms with E-state index in [-0.39, 0.29) is 21.1 Å². The third-order valence-corrected chi connectivity index (χ3v) is 6.92. The Hall–Kier alpha value is -3.19. The third kappa shape index (κ3) is 4.09. The van der Waals surface area contributed by atoms with Gasteiger partial charge in [-0.1, -0.05) is 0 Å². The van der Waals surface area contributed by atoms with E-state index < -0.39 is 23.9 Å². The molecule has 0 bridgehead atoms. The summed E-state index contributed by atoms with van der Waals surface area (Å²) in [6.45, 7) is 6.49. The second kappa shape index (κ2) is 9.22. The summed E-state index contributed by atoms with van der Waals surface area (Å²) in [7, 11) is 0. The highest BCUT2D eigenvalue weighted by Gasteiger charge is 2.27. The molecule has 178 valence electrons. The number of carbonyl (C=O) groups excluding carboxylic acids is 2. The topological polar surface area (TPSA) is 121 Å². The standard InChI is InChI=1S/C21H20BrF2N7O2S/c1-4-30-8-11(9(3)29-30)10-6-13(18(23)24)27-21-14(10)15(17(34-21)19(25)32)28-20(33)16-12(22)7-26-31(16)5-2/h6-8,18H,4-5H2,1-3H3,(H2,25,32)(H,28,33). The van der Waals surface area contributed by atoms with Crippen LogP contribution < -0.4 is 11.1 Å². The summed E-state index contributed by atoms with van der Waals surface area (Å²) in [4.78, 5) is 29.7. The van der Waals surface area contributed by atoms with Crippen molar-refractivity contribution in [3.63, 3.8) is 0 Å². The first-order valence-electron chi connectivity index (χ1n) is 10.3. The van der Waals surface area contributed by atoms with Crippen molar-refractivity contribution in [3.8, 4) is 11.1 Å². The lowest BCUT2D eigenvalue weighted by atomic mass is 10.0. The van der Waals surface area contributed by atoms with Gasteiger partial charge in [-0.2, -0.15) is 10.2 Å². The first kappa shape index (κ1) is 24.0. The van der Waals surface area contributed by atoms with Crippen LogP contribution in [0, 0.1) is 6.92 Å². The minimum atomic E-state index is -2.84. The molecule has 0 saturated heterocycles. The van der Waals surface area contributed by atoms with E-state index in [1.54, 1.807) is 17.8 Å². The minimum Gasteiger partial charge on any atom is -0.365 e. The zero-order chi connectivity index (χ0) is 24.7. The van der Waals surface area contributed by atoms with Crippen molar-refractivity contribution in [2.75, 3.05) is 5.32 Å². The van der Waals surface area contributed by atoms with E-state index in [0.29, 0.717) is 39.8 Å². The summed E-state index contributed by atoms with van der Waals surface area (Å²) in [6.07, 6.45) is 0.385. The highest BCUT2D eigenvalue weighted by atomic mass is 79.9. The van der Waals surface area contributed by atoms with Crippen LogP contribution in [0.3, 0.4) is 0 Å². The van der Waals surface area contributed by atoms with Gasteiger partial charge >= 0.3 is 0 Å². The monoisotopic (exact) mass is 551 g/mol. The number of nitrogens with zero attached hydrogens (tertiary/aromatic N) is 5. The van der Waals surface area contributed by atoms with Gasteiger partial charge in [-0.05, 0) is 48.3 Å². The molecule has 0 saturated carbocycles. The quantitative estimate of drug-likeness (QED) is 0.343. The van der Waals surface area contributed by atoms with Crippen molar-refractivity contribution in [1.29, 1.82) is 0 Å². The van der Waals surface area contributed by atoms with Crippen molar-refractivity contribution in [3.05, 3.63) is 44.9 Å². The van der Waals surface area contributed by atoms with Gasteiger partial charge in [0.2, 0.25) is 0 Å². The molecule has 0 aromatic carbocycles. The molecule has 13 heteroatoms. The van der Waals surface area contributed by atoms with E-state index in [1.165, 1.54) is 16.9 Å². The summed E-state index contributed by atoms with van der Waals surface area (Å²) in [5, 5.41) is 11.6. The number of aryl methyl sites for hydroxylation is 3. The molecule has 0 unspecified atom stereocenters.